The number of carbonyl (C=O) groups excluding carboxylic acids is 1. The van der Waals surface area contributed by atoms with Crippen molar-refractivity contribution in [3.8, 4) is 0 Å². The number of thiazole rings is 1. The summed E-state index contributed by atoms with van der Waals surface area (Å²) < 4.78 is 14.2. The summed E-state index contributed by atoms with van der Waals surface area (Å²) in [4.78, 5) is 22.6. The molecular formula is C22H24FN3OS2. The molecule has 0 spiro atoms. The summed E-state index contributed by atoms with van der Waals surface area (Å²) >= 11 is 3.33. The molecule has 2 aromatic carbocycles. The molecule has 0 saturated carbocycles. The van der Waals surface area contributed by atoms with Crippen molar-refractivity contribution in [1.82, 2.24) is 9.88 Å². The van der Waals surface area contributed by atoms with Gasteiger partial charge in [0.15, 0.2) is 5.13 Å². The van der Waals surface area contributed by atoms with Crippen LogP contribution < -0.4 is 4.90 Å². The number of hydrogen-bond donors (Lipinski definition) is 0. The number of halogens is 1. The fraction of sp³-hybridized carbons (Fsp3) is 0.364. The number of nitrogens with zero attached hydrogens (tertiary/aromatic N) is 3. The molecule has 2 heterocycles. The quantitative estimate of drug-likeness (QED) is 0.542. The molecule has 4 rings (SSSR count). The van der Waals surface area contributed by atoms with Crippen molar-refractivity contribution in [2.45, 2.75) is 25.2 Å². The maximum Gasteiger partial charge on any atom is 0.223 e. The van der Waals surface area contributed by atoms with Crippen LogP contribution in [0.25, 0.3) is 10.2 Å². The van der Waals surface area contributed by atoms with Crippen LogP contribution in [0.5, 0.6) is 0 Å². The molecule has 0 unspecified atom stereocenters. The third kappa shape index (κ3) is 4.73. The van der Waals surface area contributed by atoms with Crippen molar-refractivity contribution in [1.29, 1.82) is 0 Å². The van der Waals surface area contributed by atoms with Crippen molar-refractivity contribution < 1.29 is 9.18 Å². The smallest absolute Gasteiger partial charge is 0.223 e. The Kier molecular flexibility index (Phi) is 6.06. The number of aryl methyl sites for hydroxylation is 2. The summed E-state index contributed by atoms with van der Waals surface area (Å²) in [5.74, 6) is 0.665. The molecule has 0 bridgehead atoms. The molecule has 1 fully saturated rings. The molecule has 7 heteroatoms. The van der Waals surface area contributed by atoms with Crippen LogP contribution in [0.4, 0.5) is 9.52 Å². The molecule has 1 aromatic heterocycles. The van der Waals surface area contributed by atoms with Crippen molar-refractivity contribution in [2.24, 2.45) is 0 Å². The Hall–Kier alpha value is -2.12. The minimum atomic E-state index is -0.235. The van der Waals surface area contributed by atoms with Crippen molar-refractivity contribution >= 4 is 44.4 Å². The number of carbonyl (C=O) groups is 1. The van der Waals surface area contributed by atoms with Gasteiger partial charge in [-0.1, -0.05) is 17.4 Å². The van der Waals surface area contributed by atoms with Gasteiger partial charge in [0.05, 0.1) is 10.2 Å². The number of anilines is 1. The van der Waals surface area contributed by atoms with Crippen LogP contribution >= 0.6 is 23.1 Å². The lowest BCUT2D eigenvalue weighted by molar-refractivity contribution is -0.131. The number of fused-ring (bicyclic) bond motifs is 1. The van der Waals surface area contributed by atoms with Crippen LogP contribution in [0.3, 0.4) is 0 Å². The second-order valence-corrected chi connectivity index (χ2v) is 9.52. The molecule has 1 aliphatic heterocycles. The number of aromatic nitrogens is 1. The van der Waals surface area contributed by atoms with Crippen LogP contribution in [0.2, 0.25) is 0 Å². The molecule has 0 aliphatic carbocycles. The maximum absolute atomic E-state index is 13.0. The number of thioether (sulfide) groups is 1. The van der Waals surface area contributed by atoms with E-state index in [1.165, 1.54) is 28.0 Å². The molecule has 1 amide bonds. The van der Waals surface area contributed by atoms with Gasteiger partial charge in [0.25, 0.3) is 0 Å². The zero-order chi connectivity index (χ0) is 20.4. The maximum atomic E-state index is 13.0. The van der Waals surface area contributed by atoms with E-state index in [0.29, 0.717) is 12.2 Å². The zero-order valence-electron chi connectivity index (χ0n) is 16.7. The van der Waals surface area contributed by atoms with Gasteiger partial charge in [0, 0.05) is 43.2 Å². The minimum absolute atomic E-state index is 0.190. The standard InChI is InChI=1S/C22H24FN3OS2/c1-15-13-16(2)21-19(14-15)29-22(24-21)26-10-8-25(9-11-26)20(27)7-12-28-18-5-3-17(23)4-6-18/h3-6,13-14H,7-12H2,1-2H3. The number of benzene rings is 2. The monoisotopic (exact) mass is 429 g/mol. The lowest BCUT2D eigenvalue weighted by atomic mass is 10.1. The van der Waals surface area contributed by atoms with Crippen LogP contribution in [-0.4, -0.2) is 47.7 Å². The molecule has 1 saturated heterocycles. The van der Waals surface area contributed by atoms with E-state index < -0.39 is 0 Å². The summed E-state index contributed by atoms with van der Waals surface area (Å²) in [6, 6.07) is 10.8. The van der Waals surface area contributed by atoms with E-state index in [-0.39, 0.29) is 11.7 Å². The van der Waals surface area contributed by atoms with E-state index >= 15 is 0 Å². The molecule has 0 radical (unpaired) electrons. The third-order valence-electron chi connectivity index (χ3n) is 5.12. The van der Waals surface area contributed by atoms with E-state index in [4.69, 9.17) is 4.98 Å². The molecule has 29 heavy (non-hydrogen) atoms. The molecular weight excluding hydrogens is 405 g/mol. The Labute approximate surface area is 178 Å². The molecule has 1 aliphatic rings. The predicted molar refractivity (Wildman–Crippen MR) is 120 cm³/mol. The Morgan fingerprint density at radius 3 is 2.59 bits per heavy atom. The highest BCUT2D eigenvalue weighted by molar-refractivity contribution is 7.99. The van der Waals surface area contributed by atoms with E-state index in [9.17, 15) is 9.18 Å². The summed E-state index contributed by atoms with van der Waals surface area (Å²) in [5.41, 5.74) is 3.57. The first-order chi connectivity index (χ1) is 14.0. The summed E-state index contributed by atoms with van der Waals surface area (Å²) in [7, 11) is 0. The second kappa shape index (κ2) is 8.71. The fourth-order valence-electron chi connectivity index (χ4n) is 3.59. The average Bonchev–Trinajstić information content (AvgIpc) is 3.14. The zero-order valence-corrected chi connectivity index (χ0v) is 18.3. The topological polar surface area (TPSA) is 36.4 Å². The van der Waals surface area contributed by atoms with Gasteiger partial charge in [0.1, 0.15) is 5.82 Å². The van der Waals surface area contributed by atoms with E-state index in [2.05, 4.69) is 30.9 Å². The summed E-state index contributed by atoms with van der Waals surface area (Å²) in [5, 5.41) is 1.05. The van der Waals surface area contributed by atoms with E-state index in [1.807, 2.05) is 4.90 Å². The van der Waals surface area contributed by atoms with Gasteiger partial charge in [-0.15, -0.1) is 11.8 Å². The number of hydrogen-bond acceptors (Lipinski definition) is 5. The normalized spacial score (nSPS) is 14.6. The van der Waals surface area contributed by atoms with E-state index in [1.54, 1.807) is 35.2 Å². The first-order valence-electron chi connectivity index (χ1n) is 9.78. The lowest BCUT2D eigenvalue weighted by Gasteiger charge is -2.34. The SMILES string of the molecule is Cc1cc(C)c2nc(N3CCN(C(=O)CCSc4ccc(F)cc4)CC3)sc2c1. The van der Waals surface area contributed by atoms with Gasteiger partial charge >= 0.3 is 0 Å². The summed E-state index contributed by atoms with van der Waals surface area (Å²) in [6.07, 6.45) is 0.502. The van der Waals surface area contributed by atoms with Crippen molar-refractivity contribution in [3.63, 3.8) is 0 Å². The van der Waals surface area contributed by atoms with Gasteiger partial charge in [0.2, 0.25) is 5.91 Å². The highest BCUT2D eigenvalue weighted by Gasteiger charge is 2.23. The molecule has 4 nitrogen and oxygen atoms in total. The first kappa shape index (κ1) is 20.2. The molecule has 3 aromatic rings. The van der Waals surface area contributed by atoms with Crippen LogP contribution in [0.15, 0.2) is 41.3 Å². The highest BCUT2D eigenvalue weighted by Crippen LogP contribution is 2.32. The third-order valence-corrected chi connectivity index (χ3v) is 7.20. The summed E-state index contributed by atoms with van der Waals surface area (Å²) in [6.45, 7) is 7.31. The Morgan fingerprint density at radius 2 is 1.86 bits per heavy atom. The minimum Gasteiger partial charge on any atom is -0.345 e. The average molecular weight is 430 g/mol. The van der Waals surface area contributed by atoms with Gasteiger partial charge in [-0.25, -0.2) is 9.37 Å². The Bertz CT molecular complexity index is 1010. The Balaban J connectivity index is 1.29. The van der Waals surface area contributed by atoms with Gasteiger partial charge in [-0.3, -0.25) is 4.79 Å². The van der Waals surface area contributed by atoms with Crippen LogP contribution in [0, 0.1) is 19.7 Å². The molecule has 0 atom stereocenters. The molecule has 152 valence electrons. The van der Waals surface area contributed by atoms with Gasteiger partial charge in [-0.05, 0) is 55.3 Å². The number of piperazine rings is 1. The van der Waals surface area contributed by atoms with Gasteiger partial charge in [-0.2, -0.15) is 0 Å². The van der Waals surface area contributed by atoms with Crippen LogP contribution in [0.1, 0.15) is 17.5 Å². The largest absolute Gasteiger partial charge is 0.345 e. The lowest BCUT2D eigenvalue weighted by Crippen LogP contribution is -2.48. The highest BCUT2D eigenvalue weighted by atomic mass is 32.2. The number of amides is 1. The van der Waals surface area contributed by atoms with Crippen molar-refractivity contribution in [2.75, 3.05) is 36.8 Å². The Morgan fingerprint density at radius 1 is 1.14 bits per heavy atom. The number of rotatable bonds is 5. The first-order valence-corrected chi connectivity index (χ1v) is 11.6. The molecule has 0 N–H and O–H groups in total. The fourth-order valence-corrected chi connectivity index (χ4v) is 5.62. The predicted octanol–water partition coefficient (Wildman–Crippen LogP) is 4.88. The van der Waals surface area contributed by atoms with Crippen molar-refractivity contribution in [3.05, 3.63) is 53.3 Å². The van der Waals surface area contributed by atoms with Crippen LogP contribution in [-0.2, 0) is 4.79 Å². The van der Waals surface area contributed by atoms with Gasteiger partial charge < -0.3 is 9.80 Å². The second-order valence-electron chi connectivity index (χ2n) is 7.35. The van der Waals surface area contributed by atoms with E-state index in [0.717, 1.165) is 41.7 Å².